The quantitative estimate of drug-likeness (QED) is 0.234. The largest absolute Gasteiger partial charge is 0.496 e. The minimum atomic E-state index is -0.350. The van der Waals surface area contributed by atoms with Crippen molar-refractivity contribution in [2.24, 2.45) is 0 Å². The van der Waals surface area contributed by atoms with Crippen LogP contribution in [0.2, 0.25) is 0 Å². The molecule has 0 fully saturated rings. The Bertz CT molecular complexity index is 1790. The lowest BCUT2D eigenvalue weighted by molar-refractivity contribution is 0.101. The number of nitrogens with one attached hydrogen (secondary N) is 2. The second-order valence-electron chi connectivity index (χ2n) is 9.45. The first-order chi connectivity index (χ1) is 19.5. The Morgan fingerprint density at radius 1 is 0.475 bits per heavy atom. The molecule has 0 heterocycles. The van der Waals surface area contributed by atoms with Gasteiger partial charge < -0.3 is 20.1 Å². The van der Waals surface area contributed by atoms with Gasteiger partial charge >= 0.3 is 0 Å². The summed E-state index contributed by atoms with van der Waals surface area (Å²) in [7, 11) is 3.08. The number of carbonyl (C=O) groups is 2. The van der Waals surface area contributed by atoms with Crippen LogP contribution in [0.25, 0.3) is 32.3 Å². The molecule has 0 atom stereocenters. The van der Waals surface area contributed by atoms with Gasteiger partial charge in [-0.25, -0.2) is 0 Å². The maximum atomic E-state index is 13.6. The van der Waals surface area contributed by atoms with Gasteiger partial charge in [-0.15, -0.1) is 0 Å². The van der Waals surface area contributed by atoms with Gasteiger partial charge in [0, 0.05) is 0 Å². The molecule has 6 aromatic rings. The number of hydrogen-bond acceptors (Lipinski definition) is 4. The minimum Gasteiger partial charge on any atom is -0.496 e. The molecule has 196 valence electrons. The molecule has 2 N–H and O–H groups in total. The molecule has 6 rings (SSSR count). The fourth-order valence-electron chi connectivity index (χ4n) is 4.96. The maximum Gasteiger partial charge on any atom is 0.259 e. The fourth-order valence-corrected chi connectivity index (χ4v) is 4.96. The summed E-state index contributed by atoms with van der Waals surface area (Å²) in [5, 5.41) is 11.6. The summed E-state index contributed by atoms with van der Waals surface area (Å²) in [5.74, 6) is 0.222. The van der Waals surface area contributed by atoms with E-state index in [1.54, 1.807) is 14.2 Å². The molecule has 0 saturated heterocycles. The number of hydrogen-bond donors (Lipinski definition) is 2. The van der Waals surface area contributed by atoms with Gasteiger partial charge in [0.25, 0.3) is 11.8 Å². The lowest BCUT2D eigenvalue weighted by Crippen LogP contribution is -2.18. The van der Waals surface area contributed by atoms with Crippen molar-refractivity contribution in [2.45, 2.75) is 0 Å². The number of ether oxygens (including phenoxy) is 2. The van der Waals surface area contributed by atoms with Gasteiger partial charge in [-0.1, -0.05) is 72.8 Å². The molecule has 2 amide bonds. The zero-order valence-electron chi connectivity index (χ0n) is 22.0. The third-order valence-electron chi connectivity index (χ3n) is 7.01. The third-order valence-corrected chi connectivity index (χ3v) is 7.01. The van der Waals surface area contributed by atoms with E-state index in [-0.39, 0.29) is 11.8 Å². The number of methoxy groups -OCH3 is 2. The molecule has 0 bridgehead atoms. The van der Waals surface area contributed by atoms with E-state index in [0.29, 0.717) is 34.0 Å². The second kappa shape index (κ2) is 10.4. The van der Waals surface area contributed by atoms with Gasteiger partial charge in [0.1, 0.15) is 11.5 Å². The number of amides is 2. The summed E-state index contributed by atoms with van der Waals surface area (Å²) in [5.41, 5.74) is 1.71. The van der Waals surface area contributed by atoms with E-state index >= 15 is 0 Å². The first-order valence-corrected chi connectivity index (χ1v) is 12.8. The SMILES string of the molecule is COc1cc2ccccc2cc1C(=O)Nc1cc2ccccc2cc1NC(=O)c1cc2ccccc2cc1OC. The fraction of sp³-hybridized carbons (Fsp3) is 0.0588. The highest BCUT2D eigenvalue weighted by molar-refractivity contribution is 6.15. The van der Waals surface area contributed by atoms with Crippen LogP contribution in [0.5, 0.6) is 11.5 Å². The summed E-state index contributed by atoms with van der Waals surface area (Å²) in [6, 6.07) is 34.4. The van der Waals surface area contributed by atoms with Crippen LogP contribution in [-0.2, 0) is 0 Å². The van der Waals surface area contributed by atoms with Gasteiger partial charge in [-0.3, -0.25) is 9.59 Å². The number of anilines is 2. The van der Waals surface area contributed by atoms with Gasteiger partial charge in [-0.05, 0) is 68.7 Å². The highest BCUT2D eigenvalue weighted by Crippen LogP contribution is 2.33. The van der Waals surface area contributed by atoms with Gasteiger partial charge in [0.05, 0.1) is 36.7 Å². The second-order valence-corrected chi connectivity index (χ2v) is 9.45. The van der Waals surface area contributed by atoms with Crippen LogP contribution in [0.4, 0.5) is 11.4 Å². The third kappa shape index (κ3) is 4.67. The van der Waals surface area contributed by atoms with Crippen LogP contribution in [0.15, 0.2) is 109 Å². The molecular weight excluding hydrogens is 500 g/mol. The highest BCUT2D eigenvalue weighted by Gasteiger charge is 2.19. The molecular formula is C34H26N2O4. The van der Waals surface area contributed by atoms with E-state index in [1.165, 1.54) is 0 Å². The molecule has 0 aromatic heterocycles. The summed E-state index contributed by atoms with van der Waals surface area (Å²) in [6.07, 6.45) is 0. The van der Waals surface area contributed by atoms with Gasteiger partial charge in [0.2, 0.25) is 0 Å². The van der Waals surface area contributed by atoms with Crippen molar-refractivity contribution in [1.29, 1.82) is 0 Å². The van der Waals surface area contributed by atoms with Crippen molar-refractivity contribution < 1.29 is 19.1 Å². The smallest absolute Gasteiger partial charge is 0.259 e. The lowest BCUT2D eigenvalue weighted by atomic mass is 10.0. The van der Waals surface area contributed by atoms with E-state index in [9.17, 15) is 9.59 Å². The number of carbonyl (C=O) groups excluding carboxylic acids is 2. The molecule has 0 radical (unpaired) electrons. The molecule has 0 unspecified atom stereocenters. The van der Waals surface area contributed by atoms with Crippen LogP contribution in [-0.4, -0.2) is 26.0 Å². The molecule has 0 saturated carbocycles. The average molecular weight is 527 g/mol. The Kier molecular flexibility index (Phi) is 6.50. The summed E-state index contributed by atoms with van der Waals surface area (Å²) in [4.78, 5) is 27.2. The van der Waals surface area contributed by atoms with Crippen LogP contribution in [0.3, 0.4) is 0 Å². The van der Waals surface area contributed by atoms with Crippen LogP contribution >= 0.6 is 0 Å². The average Bonchev–Trinajstić information content (AvgIpc) is 2.99. The summed E-state index contributed by atoms with van der Waals surface area (Å²) < 4.78 is 11.1. The number of benzene rings is 6. The Balaban J connectivity index is 1.40. The zero-order valence-corrected chi connectivity index (χ0v) is 22.0. The van der Waals surface area contributed by atoms with Crippen molar-refractivity contribution in [1.82, 2.24) is 0 Å². The predicted molar refractivity (Wildman–Crippen MR) is 161 cm³/mol. The van der Waals surface area contributed by atoms with Crippen LogP contribution < -0.4 is 20.1 Å². The Morgan fingerprint density at radius 2 is 0.775 bits per heavy atom. The number of fused-ring (bicyclic) bond motifs is 3. The summed E-state index contributed by atoms with van der Waals surface area (Å²) >= 11 is 0. The molecule has 6 heteroatoms. The Hall–Kier alpha value is -5.36. The monoisotopic (exact) mass is 526 g/mol. The van der Waals surface area contributed by atoms with Crippen LogP contribution in [0, 0.1) is 0 Å². The standard InChI is InChI=1S/C34H26N2O4/c1-39-31-19-25-13-7-3-9-21(25)15-27(31)33(37)35-29-17-23-11-5-6-12-24(23)18-30(29)36-34(38)28-16-22-10-4-8-14-26(22)20-32(28)40-2/h3-20H,1-2H3,(H,35,37)(H,36,38). The van der Waals surface area contributed by atoms with E-state index in [0.717, 1.165) is 32.3 Å². The van der Waals surface area contributed by atoms with Crippen molar-refractivity contribution >= 4 is 55.5 Å². The van der Waals surface area contributed by atoms with Crippen molar-refractivity contribution in [3.8, 4) is 11.5 Å². The number of rotatable bonds is 6. The molecule has 6 aromatic carbocycles. The first kappa shape index (κ1) is 24.9. The van der Waals surface area contributed by atoms with Crippen LogP contribution in [0.1, 0.15) is 20.7 Å². The normalized spacial score (nSPS) is 10.9. The zero-order chi connectivity index (χ0) is 27.6. The lowest BCUT2D eigenvalue weighted by Gasteiger charge is -2.17. The van der Waals surface area contributed by atoms with Crippen molar-refractivity contribution in [2.75, 3.05) is 24.9 Å². The first-order valence-electron chi connectivity index (χ1n) is 12.8. The molecule has 40 heavy (non-hydrogen) atoms. The van der Waals surface area contributed by atoms with E-state index in [2.05, 4.69) is 10.6 Å². The highest BCUT2D eigenvalue weighted by atomic mass is 16.5. The topological polar surface area (TPSA) is 76.7 Å². The van der Waals surface area contributed by atoms with E-state index < -0.39 is 0 Å². The van der Waals surface area contributed by atoms with E-state index in [1.807, 2.05) is 109 Å². The molecule has 0 spiro atoms. The minimum absolute atomic E-state index is 0.350. The maximum absolute atomic E-state index is 13.6. The predicted octanol–water partition coefficient (Wildman–Crippen LogP) is 7.67. The molecule has 0 aliphatic carbocycles. The summed E-state index contributed by atoms with van der Waals surface area (Å²) in [6.45, 7) is 0. The van der Waals surface area contributed by atoms with Crippen molar-refractivity contribution in [3.05, 3.63) is 120 Å². The molecule has 0 aliphatic heterocycles. The molecule has 6 nitrogen and oxygen atoms in total. The Morgan fingerprint density at radius 3 is 1.10 bits per heavy atom. The Labute approximate surface area is 231 Å². The van der Waals surface area contributed by atoms with Crippen molar-refractivity contribution in [3.63, 3.8) is 0 Å². The molecule has 0 aliphatic rings. The van der Waals surface area contributed by atoms with E-state index in [4.69, 9.17) is 9.47 Å². The van der Waals surface area contributed by atoms with Gasteiger partial charge in [-0.2, -0.15) is 0 Å². The van der Waals surface area contributed by atoms with Gasteiger partial charge in [0.15, 0.2) is 0 Å².